The molecule has 2 unspecified atom stereocenters. The minimum atomic E-state index is -0.129. The summed E-state index contributed by atoms with van der Waals surface area (Å²) in [7, 11) is 2.14. The molecule has 2 atom stereocenters. The zero-order valence-corrected chi connectivity index (χ0v) is 8.79. The number of aliphatic hydroxyl groups is 1. The van der Waals surface area contributed by atoms with Crippen LogP contribution in [0, 0.1) is 5.92 Å². The fourth-order valence-electron chi connectivity index (χ4n) is 1.89. The summed E-state index contributed by atoms with van der Waals surface area (Å²) in [5.41, 5.74) is 1.24. The summed E-state index contributed by atoms with van der Waals surface area (Å²) in [6.07, 6.45) is 2.73. The molecule has 76 valence electrons. The Labute approximate surface area is 81.2 Å². The highest BCUT2D eigenvalue weighted by molar-refractivity contribution is 5.06. The van der Waals surface area contributed by atoms with Gasteiger partial charge < -0.3 is 10.0 Å². The Kier molecular flexibility index (Phi) is 3.94. The molecule has 1 rings (SSSR count). The fourth-order valence-corrected chi connectivity index (χ4v) is 1.89. The SMILES string of the molecule is C=C1CC(O)CCC1CN(C)CC. The molecule has 1 aliphatic rings. The summed E-state index contributed by atoms with van der Waals surface area (Å²) < 4.78 is 0. The Hall–Kier alpha value is -0.340. The number of aliphatic hydroxyl groups excluding tert-OH is 1. The van der Waals surface area contributed by atoms with E-state index in [-0.39, 0.29) is 6.10 Å². The van der Waals surface area contributed by atoms with Crippen molar-refractivity contribution in [1.29, 1.82) is 0 Å². The van der Waals surface area contributed by atoms with Crippen LogP contribution in [0.3, 0.4) is 0 Å². The van der Waals surface area contributed by atoms with Crippen LogP contribution >= 0.6 is 0 Å². The highest BCUT2D eigenvalue weighted by Crippen LogP contribution is 2.28. The van der Waals surface area contributed by atoms with Crippen LogP contribution < -0.4 is 0 Å². The van der Waals surface area contributed by atoms with E-state index in [1.165, 1.54) is 5.57 Å². The molecule has 0 radical (unpaired) electrons. The van der Waals surface area contributed by atoms with Crippen LogP contribution in [0.1, 0.15) is 26.2 Å². The lowest BCUT2D eigenvalue weighted by atomic mass is 9.83. The summed E-state index contributed by atoms with van der Waals surface area (Å²) in [6.45, 7) is 8.40. The van der Waals surface area contributed by atoms with Crippen LogP contribution in [0.25, 0.3) is 0 Å². The van der Waals surface area contributed by atoms with Gasteiger partial charge in [0.25, 0.3) is 0 Å². The fraction of sp³-hybridized carbons (Fsp3) is 0.818. The summed E-state index contributed by atoms with van der Waals surface area (Å²) >= 11 is 0. The van der Waals surface area contributed by atoms with Gasteiger partial charge in [0.2, 0.25) is 0 Å². The van der Waals surface area contributed by atoms with Gasteiger partial charge in [-0.1, -0.05) is 19.1 Å². The second-order valence-corrected chi connectivity index (χ2v) is 4.15. The third kappa shape index (κ3) is 3.12. The van der Waals surface area contributed by atoms with Crippen LogP contribution in [0.15, 0.2) is 12.2 Å². The summed E-state index contributed by atoms with van der Waals surface area (Å²) in [5.74, 6) is 0.605. The normalized spacial score (nSPS) is 29.7. The summed E-state index contributed by atoms with van der Waals surface area (Å²) in [5, 5.41) is 9.41. The molecule has 2 nitrogen and oxygen atoms in total. The Morgan fingerprint density at radius 3 is 2.77 bits per heavy atom. The monoisotopic (exact) mass is 183 g/mol. The van der Waals surface area contributed by atoms with Gasteiger partial charge in [-0.15, -0.1) is 0 Å². The van der Waals surface area contributed by atoms with Crippen molar-refractivity contribution in [2.75, 3.05) is 20.1 Å². The Bertz CT molecular complexity index is 179. The van der Waals surface area contributed by atoms with Gasteiger partial charge in [0.05, 0.1) is 6.10 Å². The largest absolute Gasteiger partial charge is 0.393 e. The predicted octanol–water partition coefficient (Wildman–Crippen LogP) is 1.66. The lowest BCUT2D eigenvalue weighted by Gasteiger charge is -2.30. The van der Waals surface area contributed by atoms with E-state index in [0.29, 0.717) is 5.92 Å². The molecule has 0 aromatic heterocycles. The maximum Gasteiger partial charge on any atom is 0.0577 e. The minimum absolute atomic E-state index is 0.129. The van der Waals surface area contributed by atoms with E-state index in [9.17, 15) is 5.11 Å². The second kappa shape index (κ2) is 4.77. The maximum atomic E-state index is 9.41. The molecule has 0 saturated heterocycles. The Balaban J connectivity index is 2.38. The van der Waals surface area contributed by atoms with E-state index in [2.05, 4.69) is 25.5 Å². The molecule has 0 bridgehead atoms. The molecular weight excluding hydrogens is 162 g/mol. The van der Waals surface area contributed by atoms with Crippen LogP contribution in [-0.2, 0) is 0 Å². The van der Waals surface area contributed by atoms with E-state index in [0.717, 1.165) is 32.4 Å². The van der Waals surface area contributed by atoms with Crippen molar-refractivity contribution in [3.05, 3.63) is 12.2 Å². The summed E-state index contributed by atoms with van der Waals surface area (Å²) in [4.78, 5) is 2.31. The van der Waals surface area contributed by atoms with Crippen LogP contribution in [0.4, 0.5) is 0 Å². The van der Waals surface area contributed by atoms with Crippen LogP contribution in [0.2, 0.25) is 0 Å². The lowest BCUT2D eigenvalue weighted by Crippen LogP contribution is -2.30. The van der Waals surface area contributed by atoms with E-state index < -0.39 is 0 Å². The smallest absolute Gasteiger partial charge is 0.0577 e. The first-order valence-corrected chi connectivity index (χ1v) is 5.17. The lowest BCUT2D eigenvalue weighted by molar-refractivity contribution is 0.128. The van der Waals surface area contributed by atoms with Crippen molar-refractivity contribution in [1.82, 2.24) is 4.90 Å². The standard InChI is InChI=1S/C11H21NO/c1-4-12(3)8-10-5-6-11(13)7-9(10)2/h10-11,13H,2,4-8H2,1,3H3. The first-order chi connectivity index (χ1) is 6.13. The number of rotatable bonds is 3. The van der Waals surface area contributed by atoms with Gasteiger partial charge in [-0.2, -0.15) is 0 Å². The highest BCUT2D eigenvalue weighted by Gasteiger charge is 2.23. The quantitative estimate of drug-likeness (QED) is 0.673. The van der Waals surface area contributed by atoms with Gasteiger partial charge in [0.15, 0.2) is 0 Å². The Morgan fingerprint density at radius 1 is 1.54 bits per heavy atom. The molecule has 0 spiro atoms. The van der Waals surface area contributed by atoms with Gasteiger partial charge in [0, 0.05) is 6.54 Å². The second-order valence-electron chi connectivity index (χ2n) is 4.15. The molecular formula is C11H21NO. The molecule has 0 amide bonds. The zero-order chi connectivity index (χ0) is 9.84. The highest BCUT2D eigenvalue weighted by atomic mass is 16.3. The van der Waals surface area contributed by atoms with Crippen LogP contribution in [-0.4, -0.2) is 36.2 Å². The first-order valence-electron chi connectivity index (χ1n) is 5.17. The molecule has 1 N–H and O–H groups in total. The molecule has 1 fully saturated rings. The Morgan fingerprint density at radius 2 is 2.23 bits per heavy atom. The molecule has 2 heteroatoms. The predicted molar refractivity (Wildman–Crippen MR) is 55.7 cm³/mol. The van der Waals surface area contributed by atoms with Crippen molar-refractivity contribution < 1.29 is 5.11 Å². The number of hydrogen-bond acceptors (Lipinski definition) is 2. The third-order valence-electron chi connectivity index (χ3n) is 3.00. The minimum Gasteiger partial charge on any atom is -0.393 e. The maximum absolute atomic E-state index is 9.41. The average Bonchev–Trinajstić information content (AvgIpc) is 2.09. The molecule has 13 heavy (non-hydrogen) atoms. The van der Waals surface area contributed by atoms with Crippen molar-refractivity contribution in [2.24, 2.45) is 5.92 Å². The van der Waals surface area contributed by atoms with Crippen molar-refractivity contribution in [3.63, 3.8) is 0 Å². The van der Waals surface area contributed by atoms with Crippen LogP contribution in [0.5, 0.6) is 0 Å². The van der Waals surface area contributed by atoms with Gasteiger partial charge in [0.1, 0.15) is 0 Å². The first kappa shape index (κ1) is 10.7. The van der Waals surface area contributed by atoms with Crippen molar-refractivity contribution in [2.45, 2.75) is 32.3 Å². The van der Waals surface area contributed by atoms with E-state index in [4.69, 9.17) is 0 Å². The van der Waals surface area contributed by atoms with Crippen molar-refractivity contribution >= 4 is 0 Å². The molecule has 1 saturated carbocycles. The van der Waals surface area contributed by atoms with Gasteiger partial charge in [-0.3, -0.25) is 0 Å². The number of nitrogens with zero attached hydrogens (tertiary/aromatic N) is 1. The van der Waals surface area contributed by atoms with Gasteiger partial charge >= 0.3 is 0 Å². The van der Waals surface area contributed by atoms with Gasteiger partial charge in [-0.25, -0.2) is 0 Å². The van der Waals surface area contributed by atoms with E-state index >= 15 is 0 Å². The molecule has 0 aliphatic heterocycles. The summed E-state index contributed by atoms with van der Waals surface area (Å²) in [6, 6.07) is 0. The van der Waals surface area contributed by atoms with Gasteiger partial charge in [-0.05, 0) is 38.8 Å². The van der Waals surface area contributed by atoms with E-state index in [1.807, 2.05) is 0 Å². The number of hydrogen-bond donors (Lipinski definition) is 1. The molecule has 0 aromatic rings. The zero-order valence-electron chi connectivity index (χ0n) is 8.79. The van der Waals surface area contributed by atoms with Crippen molar-refractivity contribution in [3.8, 4) is 0 Å². The van der Waals surface area contributed by atoms with E-state index in [1.54, 1.807) is 0 Å². The molecule has 1 aliphatic carbocycles. The third-order valence-corrected chi connectivity index (χ3v) is 3.00. The molecule has 0 heterocycles. The average molecular weight is 183 g/mol. The topological polar surface area (TPSA) is 23.5 Å². The molecule has 0 aromatic carbocycles.